The normalized spacial score (nSPS) is 9.75. The third kappa shape index (κ3) is 1.90. The molecule has 0 aliphatic rings. The highest BCUT2D eigenvalue weighted by molar-refractivity contribution is 7.98. The van der Waals surface area contributed by atoms with Gasteiger partial charge < -0.3 is 0 Å². The molecule has 2 rings (SSSR count). The Morgan fingerprint density at radius 3 is 2.69 bits per heavy atom. The van der Waals surface area contributed by atoms with Crippen LogP contribution in [0.5, 0.6) is 0 Å². The van der Waals surface area contributed by atoms with Crippen molar-refractivity contribution >= 4 is 11.8 Å². The first-order valence-corrected chi connectivity index (χ1v) is 5.94. The molecule has 0 amide bonds. The van der Waals surface area contributed by atoms with E-state index in [1.165, 1.54) is 11.8 Å². The molecule has 0 aromatic carbocycles. The van der Waals surface area contributed by atoms with Gasteiger partial charge in [-0.3, -0.25) is 4.98 Å². The molecule has 2 heterocycles. The van der Waals surface area contributed by atoms with Crippen molar-refractivity contribution in [3.8, 4) is 17.3 Å². The number of nitriles is 1. The van der Waals surface area contributed by atoms with Crippen LogP contribution < -0.4 is 0 Å². The molecule has 0 bridgehead atoms. The zero-order valence-corrected chi connectivity index (χ0v) is 9.53. The Kier molecular flexibility index (Phi) is 3.18. The van der Waals surface area contributed by atoms with Gasteiger partial charge in [-0.1, -0.05) is 6.07 Å². The first kappa shape index (κ1) is 10.7. The van der Waals surface area contributed by atoms with Crippen molar-refractivity contribution in [1.29, 1.82) is 5.26 Å². The summed E-state index contributed by atoms with van der Waals surface area (Å²) >= 11 is 1.52. The lowest BCUT2D eigenvalue weighted by atomic mass is 10.1. The zero-order chi connectivity index (χ0) is 11.4. The monoisotopic (exact) mass is 227 g/mol. The lowest BCUT2D eigenvalue weighted by Gasteiger charge is -2.06. The molecule has 0 aliphatic heterocycles. The number of aromatic nitrogens is 2. The molecule has 2 aromatic rings. The summed E-state index contributed by atoms with van der Waals surface area (Å²) in [4.78, 5) is 9.21. The summed E-state index contributed by atoms with van der Waals surface area (Å²) in [6.07, 6.45) is 5.32. The summed E-state index contributed by atoms with van der Waals surface area (Å²) in [5, 5.41) is 8.97. The highest BCUT2D eigenvalue weighted by Gasteiger charge is 2.10. The van der Waals surface area contributed by atoms with E-state index in [9.17, 15) is 0 Å². The summed E-state index contributed by atoms with van der Waals surface area (Å²) in [7, 11) is 0. The molecule has 0 saturated carbocycles. The molecular weight excluding hydrogens is 218 g/mol. The number of rotatable bonds is 2. The molecule has 0 fully saturated rings. The fraction of sp³-hybridized carbons (Fsp3) is 0.0833. The largest absolute Gasteiger partial charge is 0.256 e. The Morgan fingerprint density at radius 2 is 2.06 bits per heavy atom. The average Bonchev–Trinajstić information content (AvgIpc) is 2.38. The van der Waals surface area contributed by atoms with Crippen molar-refractivity contribution in [2.24, 2.45) is 0 Å². The minimum atomic E-state index is 0.454. The van der Waals surface area contributed by atoms with E-state index in [-0.39, 0.29) is 0 Å². The van der Waals surface area contributed by atoms with Crippen LogP contribution in [0.2, 0.25) is 0 Å². The predicted octanol–water partition coefficient (Wildman–Crippen LogP) is 2.74. The van der Waals surface area contributed by atoms with Gasteiger partial charge in [-0.05, 0) is 24.5 Å². The first-order chi connectivity index (χ1) is 7.86. The van der Waals surface area contributed by atoms with E-state index in [1.54, 1.807) is 12.4 Å². The van der Waals surface area contributed by atoms with Gasteiger partial charge in [0.1, 0.15) is 6.07 Å². The van der Waals surface area contributed by atoms with E-state index in [1.807, 2.05) is 30.5 Å². The third-order valence-electron chi connectivity index (χ3n) is 2.16. The second-order valence-electron chi connectivity index (χ2n) is 3.07. The van der Waals surface area contributed by atoms with Gasteiger partial charge in [0.15, 0.2) is 5.69 Å². The lowest BCUT2D eigenvalue weighted by molar-refractivity contribution is 1.17. The first-order valence-electron chi connectivity index (χ1n) is 4.71. The molecule has 16 heavy (non-hydrogen) atoms. The number of pyridine rings is 2. The Labute approximate surface area is 98.2 Å². The minimum Gasteiger partial charge on any atom is -0.256 e. The molecule has 78 valence electrons. The molecular formula is C12H9N3S. The van der Waals surface area contributed by atoms with Gasteiger partial charge in [-0.25, -0.2) is 4.98 Å². The van der Waals surface area contributed by atoms with E-state index in [4.69, 9.17) is 5.26 Å². The van der Waals surface area contributed by atoms with Crippen LogP contribution in [-0.4, -0.2) is 16.2 Å². The molecule has 4 heteroatoms. The Balaban J connectivity index is 2.62. The van der Waals surface area contributed by atoms with Crippen LogP contribution >= 0.6 is 11.8 Å². The summed E-state index contributed by atoms with van der Waals surface area (Å²) in [5.74, 6) is 0. The van der Waals surface area contributed by atoms with Crippen LogP contribution in [0.4, 0.5) is 0 Å². The van der Waals surface area contributed by atoms with Crippen LogP contribution in [-0.2, 0) is 0 Å². The van der Waals surface area contributed by atoms with Crippen molar-refractivity contribution in [2.45, 2.75) is 4.90 Å². The van der Waals surface area contributed by atoms with Gasteiger partial charge in [0.25, 0.3) is 0 Å². The number of hydrogen-bond donors (Lipinski definition) is 0. The van der Waals surface area contributed by atoms with Crippen LogP contribution in [0.3, 0.4) is 0 Å². The molecule has 0 atom stereocenters. The van der Waals surface area contributed by atoms with E-state index in [2.05, 4.69) is 16.0 Å². The maximum atomic E-state index is 8.97. The highest BCUT2D eigenvalue weighted by atomic mass is 32.2. The van der Waals surface area contributed by atoms with E-state index >= 15 is 0 Å². The fourth-order valence-electron chi connectivity index (χ4n) is 1.46. The second-order valence-corrected chi connectivity index (χ2v) is 3.88. The second kappa shape index (κ2) is 4.77. The maximum Gasteiger partial charge on any atom is 0.154 e. The van der Waals surface area contributed by atoms with Crippen molar-refractivity contribution < 1.29 is 0 Å². The molecule has 2 aromatic heterocycles. The van der Waals surface area contributed by atoms with Gasteiger partial charge in [-0.2, -0.15) is 5.26 Å². The fourth-order valence-corrected chi connectivity index (χ4v) is 2.14. The van der Waals surface area contributed by atoms with Crippen molar-refractivity contribution in [2.75, 3.05) is 6.26 Å². The quantitative estimate of drug-likeness (QED) is 0.740. The number of hydrogen-bond acceptors (Lipinski definition) is 4. The third-order valence-corrected chi connectivity index (χ3v) is 2.98. The van der Waals surface area contributed by atoms with Crippen molar-refractivity contribution in [3.63, 3.8) is 0 Å². The van der Waals surface area contributed by atoms with E-state index in [0.29, 0.717) is 5.69 Å². The number of thioether (sulfide) groups is 1. The van der Waals surface area contributed by atoms with Crippen LogP contribution in [0.15, 0.2) is 41.6 Å². The standard InChI is InChI=1S/C12H9N3S/c1-16-12-9(5-7-15-11(12)8-13)10-4-2-3-6-14-10/h2-7H,1H3. The van der Waals surface area contributed by atoms with Gasteiger partial charge in [0, 0.05) is 18.0 Å². The molecule has 0 unspecified atom stereocenters. The Morgan fingerprint density at radius 1 is 1.19 bits per heavy atom. The molecule has 0 spiro atoms. The van der Waals surface area contributed by atoms with Crippen molar-refractivity contribution in [1.82, 2.24) is 9.97 Å². The van der Waals surface area contributed by atoms with E-state index < -0.39 is 0 Å². The molecule has 0 aliphatic carbocycles. The highest BCUT2D eigenvalue weighted by Crippen LogP contribution is 2.30. The predicted molar refractivity (Wildman–Crippen MR) is 64.0 cm³/mol. The van der Waals surface area contributed by atoms with Gasteiger partial charge in [-0.15, -0.1) is 11.8 Å². The zero-order valence-electron chi connectivity index (χ0n) is 8.71. The van der Waals surface area contributed by atoms with Gasteiger partial charge in [0.05, 0.1) is 10.6 Å². The van der Waals surface area contributed by atoms with Crippen LogP contribution in [0, 0.1) is 11.3 Å². The average molecular weight is 227 g/mol. The summed E-state index contributed by atoms with van der Waals surface area (Å²) in [6, 6.07) is 9.71. The summed E-state index contributed by atoms with van der Waals surface area (Å²) < 4.78 is 0. The SMILES string of the molecule is CSc1c(-c2ccccn2)ccnc1C#N. The van der Waals surface area contributed by atoms with Gasteiger partial charge in [0.2, 0.25) is 0 Å². The van der Waals surface area contributed by atoms with E-state index in [0.717, 1.165) is 16.2 Å². The summed E-state index contributed by atoms with van der Waals surface area (Å²) in [6.45, 7) is 0. The van der Waals surface area contributed by atoms with Crippen molar-refractivity contribution in [3.05, 3.63) is 42.4 Å². The maximum absolute atomic E-state index is 8.97. The minimum absolute atomic E-state index is 0.454. The molecule has 3 nitrogen and oxygen atoms in total. The summed E-state index contributed by atoms with van der Waals surface area (Å²) in [5.41, 5.74) is 2.28. The Bertz CT molecular complexity index is 532. The number of nitrogens with zero attached hydrogens (tertiary/aromatic N) is 3. The molecule has 0 N–H and O–H groups in total. The molecule has 0 saturated heterocycles. The topological polar surface area (TPSA) is 49.6 Å². The van der Waals surface area contributed by atoms with Crippen LogP contribution in [0.1, 0.15) is 5.69 Å². The Hall–Kier alpha value is -1.86. The lowest BCUT2D eigenvalue weighted by Crippen LogP contribution is -1.91. The van der Waals surface area contributed by atoms with Crippen LogP contribution in [0.25, 0.3) is 11.3 Å². The molecule has 0 radical (unpaired) electrons. The smallest absolute Gasteiger partial charge is 0.154 e. The van der Waals surface area contributed by atoms with Gasteiger partial charge >= 0.3 is 0 Å².